The summed E-state index contributed by atoms with van der Waals surface area (Å²) in [4.78, 5) is 20.8. The Balaban J connectivity index is 1.60. The lowest BCUT2D eigenvalue weighted by Crippen LogP contribution is -2.25. The number of rotatable bonds is 8. The van der Waals surface area contributed by atoms with Gasteiger partial charge in [0.05, 0.1) is 11.0 Å². The summed E-state index contributed by atoms with van der Waals surface area (Å²) in [6, 6.07) is 11.7. The van der Waals surface area contributed by atoms with E-state index in [-0.39, 0.29) is 5.91 Å². The molecule has 0 saturated heterocycles. The van der Waals surface area contributed by atoms with E-state index in [4.69, 9.17) is 4.98 Å². The number of hydrogen-bond donors (Lipinski definition) is 1. The third kappa shape index (κ3) is 4.24. The Morgan fingerprint density at radius 1 is 1.12 bits per heavy atom. The fourth-order valence-electron chi connectivity index (χ4n) is 2.94. The maximum Gasteiger partial charge on any atom is 0.251 e. The summed E-state index contributed by atoms with van der Waals surface area (Å²) in [7, 11) is 0. The minimum atomic E-state index is -0.0538. The Morgan fingerprint density at radius 3 is 2.72 bits per heavy atom. The van der Waals surface area contributed by atoms with Gasteiger partial charge in [0.15, 0.2) is 0 Å². The highest BCUT2D eigenvalue weighted by molar-refractivity contribution is 5.93. The monoisotopic (exact) mass is 336 g/mol. The van der Waals surface area contributed by atoms with Crippen LogP contribution in [0.25, 0.3) is 11.0 Å². The molecule has 5 nitrogen and oxygen atoms in total. The molecule has 5 heteroatoms. The number of imidazole rings is 1. The van der Waals surface area contributed by atoms with Crippen molar-refractivity contribution in [1.82, 2.24) is 19.9 Å². The Bertz CT molecular complexity index is 826. The smallest absolute Gasteiger partial charge is 0.251 e. The number of pyridine rings is 1. The first-order valence-corrected chi connectivity index (χ1v) is 8.92. The number of nitrogens with zero attached hydrogens (tertiary/aromatic N) is 3. The van der Waals surface area contributed by atoms with Crippen LogP contribution in [-0.4, -0.2) is 27.0 Å². The highest BCUT2D eigenvalue weighted by atomic mass is 16.1. The molecular formula is C20H24N4O. The highest BCUT2D eigenvalue weighted by Crippen LogP contribution is 2.18. The molecule has 3 aromatic rings. The van der Waals surface area contributed by atoms with Gasteiger partial charge in [-0.15, -0.1) is 0 Å². The van der Waals surface area contributed by atoms with Gasteiger partial charge in [0.25, 0.3) is 5.91 Å². The molecule has 0 saturated carbocycles. The van der Waals surface area contributed by atoms with Crippen LogP contribution in [0.1, 0.15) is 42.4 Å². The molecule has 0 aliphatic rings. The number of para-hydroxylation sites is 2. The Hall–Kier alpha value is -2.69. The lowest BCUT2D eigenvalue weighted by molar-refractivity contribution is 0.0953. The molecule has 0 unspecified atom stereocenters. The molecule has 1 N–H and O–H groups in total. The van der Waals surface area contributed by atoms with Crippen molar-refractivity contribution in [3.8, 4) is 0 Å². The predicted octanol–water partition coefficient (Wildman–Crippen LogP) is 3.59. The van der Waals surface area contributed by atoms with E-state index < -0.39 is 0 Å². The van der Waals surface area contributed by atoms with Gasteiger partial charge in [0, 0.05) is 37.5 Å². The van der Waals surface area contributed by atoms with Crippen LogP contribution in [0.5, 0.6) is 0 Å². The van der Waals surface area contributed by atoms with E-state index in [0.29, 0.717) is 12.1 Å². The topological polar surface area (TPSA) is 59.8 Å². The second kappa shape index (κ2) is 8.42. The SMILES string of the molecule is CCCCn1c(CCCNC(=O)c2ccncc2)nc2ccccc21. The molecular weight excluding hydrogens is 312 g/mol. The summed E-state index contributed by atoms with van der Waals surface area (Å²) in [5.74, 6) is 1.05. The third-order valence-corrected chi connectivity index (χ3v) is 4.27. The van der Waals surface area contributed by atoms with Crippen molar-refractivity contribution in [2.24, 2.45) is 0 Å². The van der Waals surface area contributed by atoms with Gasteiger partial charge in [-0.25, -0.2) is 4.98 Å². The van der Waals surface area contributed by atoms with E-state index >= 15 is 0 Å². The van der Waals surface area contributed by atoms with Gasteiger partial charge >= 0.3 is 0 Å². The first-order chi connectivity index (χ1) is 12.3. The van der Waals surface area contributed by atoms with Gasteiger partial charge in [-0.1, -0.05) is 25.5 Å². The van der Waals surface area contributed by atoms with Crippen LogP contribution in [0.3, 0.4) is 0 Å². The van der Waals surface area contributed by atoms with Crippen molar-refractivity contribution in [3.05, 3.63) is 60.2 Å². The number of hydrogen-bond acceptors (Lipinski definition) is 3. The van der Waals surface area contributed by atoms with E-state index in [0.717, 1.165) is 43.6 Å². The molecule has 130 valence electrons. The Morgan fingerprint density at radius 2 is 1.92 bits per heavy atom. The van der Waals surface area contributed by atoms with Crippen molar-refractivity contribution < 1.29 is 4.79 Å². The Labute approximate surface area is 148 Å². The normalized spacial score (nSPS) is 10.9. The molecule has 0 atom stereocenters. The lowest BCUT2D eigenvalue weighted by atomic mass is 10.2. The average molecular weight is 336 g/mol. The Kier molecular flexibility index (Phi) is 5.77. The lowest BCUT2D eigenvalue weighted by Gasteiger charge is -2.09. The number of carbonyl (C=O) groups excluding carboxylic acids is 1. The zero-order valence-electron chi connectivity index (χ0n) is 14.6. The number of aromatic nitrogens is 3. The number of aryl methyl sites for hydroxylation is 2. The summed E-state index contributed by atoms with van der Waals surface area (Å²) in [5.41, 5.74) is 2.89. The van der Waals surface area contributed by atoms with Crippen LogP contribution in [0.2, 0.25) is 0 Å². The van der Waals surface area contributed by atoms with Crippen LogP contribution >= 0.6 is 0 Å². The van der Waals surface area contributed by atoms with Crippen molar-refractivity contribution in [3.63, 3.8) is 0 Å². The minimum Gasteiger partial charge on any atom is -0.352 e. The number of carbonyl (C=O) groups is 1. The molecule has 0 aliphatic carbocycles. The van der Waals surface area contributed by atoms with E-state index in [1.807, 2.05) is 6.07 Å². The first kappa shape index (κ1) is 17.1. The van der Waals surface area contributed by atoms with Crippen LogP contribution in [0, 0.1) is 0 Å². The van der Waals surface area contributed by atoms with Crippen molar-refractivity contribution in [2.75, 3.05) is 6.54 Å². The van der Waals surface area contributed by atoms with Crippen molar-refractivity contribution >= 4 is 16.9 Å². The second-order valence-corrected chi connectivity index (χ2v) is 6.12. The average Bonchev–Trinajstić information content (AvgIpc) is 3.01. The molecule has 2 aromatic heterocycles. The third-order valence-electron chi connectivity index (χ3n) is 4.27. The molecule has 1 aromatic carbocycles. The van der Waals surface area contributed by atoms with Gasteiger partial charge < -0.3 is 9.88 Å². The summed E-state index contributed by atoms with van der Waals surface area (Å²) in [6.07, 6.45) is 7.29. The molecule has 3 rings (SSSR count). The quantitative estimate of drug-likeness (QED) is 0.640. The van der Waals surface area contributed by atoms with Crippen LogP contribution in [-0.2, 0) is 13.0 Å². The zero-order valence-corrected chi connectivity index (χ0v) is 14.6. The first-order valence-electron chi connectivity index (χ1n) is 8.92. The molecule has 0 spiro atoms. The number of amides is 1. The van der Waals surface area contributed by atoms with E-state index in [9.17, 15) is 4.79 Å². The standard InChI is InChI=1S/C20H24N4O/c1-2-3-15-24-18-8-5-4-7-17(18)23-19(24)9-6-12-22-20(25)16-10-13-21-14-11-16/h4-5,7-8,10-11,13-14H,2-3,6,9,12,15H2,1H3,(H,22,25). The van der Waals surface area contributed by atoms with E-state index in [1.165, 1.54) is 5.52 Å². The fraction of sp³-hybridized carbons (Fsp3) is 0.350. The number of benzene rings is 1. The maximum absolute atomic E-state index is 12.0. The largest absolute Gasteiger partial charge is 0.352 e. The summed E-state index contributed by atoms with van der Waals surface area (Å²) >= 11 is 0. The van der Waals surface area contributed by atoms with Crippen LogP contribution < -0.4 is 5.32 Å². The van der Waals surface area contributed by atoms with Gasteiger partial charge in [-0.3, -0.25) is 9.78 Å². The molecule has 0 fully saturated rings. The van der Waals surface area contributed by atoms with E-state index in [1.54, 1.807) is 24.5 Å². The fourth-order valence-corrected chi connectivity index (χ4v) is 2.94. The predicted molar refractivity (Wildman–Crippen MR) is 99.5 cm³/mol. The molecule has 0 radical (unpaired) electrons. The molecule has 0 bridgehead atoms. The minimum absolute atomic E-state index is 0.0538. The molecule has 2 heterocycles. The molecule has 0 aliphatic heterocycles. The summed E-state index contributed by atoms with van der Waals surface area (Å²) in [5, 5.41) is 2.96. The second-order valence-electron chi connectivity index (χ2n) is 6.12. The van der Waals surface area contributed by atoms with Crippen LogP contribution in [0.4, 0.5) is 0 Å². The number of nitrogens with one attached hydrogen (secondary N) is 1. The van der Waals surface area contributed by atoms with Crippen molar-refractivity contribution in [1.29, 1.82) is 0 Å². The number of unbranched alkanes of at least 4 members (excludes halogenated alkanes) is 1. The maximum atomic E-state index is 12.0. The summed E-state index contributed by atoms with van der Waals surface area (Å²) < 4.78 is 2.32. The number of fused-ring (bicyclic) bond motifs is 1. The van der Waals surface area contributed by atoms with Gasteiger partial charge in [-0.05, 0) is 37.1 Å². The van der Waals surface area contributed by atoms with Gasteiger partial charge in [0.1, 0.15) is 5.82 Å². The highest BCUT2D eigenvalue weighted by Gasteiger charge is 2.10. The van der Waals surface area contributed by atoms with Gasteiger partial charge in [0.2, 0.25) is 0 Å². The molecule has 25 heavy (non-hydrogen) atoms. The van der Waals surface area contributed by atoms with Crippen LogP contribution in [0.15, 0.2) is 48.8 Å². The summed E-state index contributed by atoms with van der Waals surface area (Å²) in [6.45, 7) is 3.83. The van der Waals surface area contributed by atoms with E-state index in [2.05, 4.69) is 40.0 Å². The zero-order chi connectivity index (χ0) is 17.5. The molecule has 1 amide bonds. The van der Waals surface area contributed by atoms with Crippen molar-refractivity contribution in [2.45, 2.75) is 39.2 Å². The van der Waals surface area contributed by atoms with Gasteiger partial charge in [-0.2, -0.15) is 0 Å².